The fourth-order valence-electron chi connectivity index (χ4n) is 4.17. The number of amides is 1. The highest BCUT2D eigenvalue weighted by molar-refractivity contribution is 6.02. The molecule has 0 bridgehead atoms. The summed E-state index contributed by atoms with van der Waals surface area (Å²) in [4.78, 5) is 15.4. The van der Waals surface area contributed by atoms with Crippen molar-refractivity contribution >= 4 is 22.4 Å². The molecule has 1 unspecified atom stereocenters. The SMILES string of the molecule is COCCOc1ccc2ccccc2c1C1Nc2ccccc2C(=O)N1Cc1ccco1. The van der Waals surface area contributed by atoms with Crippen LogP contribution in [0.1, 0.15) is 27.8 Å². The number of fused-ring (bicyclic) bond motifs is 2. The summed E-state index contributed by atoms with van der Waals surface area (Å²) in [6, 6.07) is 23.4. The molecule has 162 valence electrons. The van der Waals surface area contributed by atoms with Crippen LogP contribution >= 0.6 is 0 Å². The van der Waals surface area contributed by atoms with Crippen molar-refractivity contribution in [1.82, 2.24) is 4.90 Å². The third kappa shape index (κ3) is 3.69. The fraction of sp³-hybridized carbons (Fsp3) is 0.192. The number of furan rings is 1. The number of para-hydroxylation sites is 1. The summed E-state index contributed by atoms with van der Waals surface area (Å²) < 4.78 is 16.9. The number of methoxy groups -OCH3 is 1. The summed E-state index contributed by atoms with van der Waals surface area (Å²) in [6.45, 7) is 1.22. The van der Waals surface area contributed by atoms with Crippen molar-refractivity contribution in [3.63, 3.8) is 0 Å². The van der Waals surface area contributed by atoms with Gasteiger partial charge in [-0.05, 0) is 41.1 Å². The Morgan fingerprint density at radius 1 is 0.969 bits per heavy atom. The van der Waals surface area contributed by atoms with Crippen LogP contribution in [0, 0.1) is 0 Å². The van der Waals surface area contributed by atoms with Gasteiger partial charge in [-0.1, -0.05) is 42.5 Å². The van der Waals surface area contributed by atoms with E-state index in [4.69, 9.17) is 13.9 Å². The van der Waals surface area contributed by atoms with Gasteiger partial charge in [-0.25, -0.2) is 0 Å². The topological polar surface area (TPSA) is 63.9 Å². The van der Waals surface area contributed by atoms with Crippen molar-refractivity contribution in [2.45, 2.75) is 12.7 Å². The van der Waals surface area contributed by atoms with Gasteiger partial charge in [0.25, 0.3) is 5.91 Å². The molecule has 0 fully saturated rings. The maximum Gasteiger partial charge on any atom is 0.258 e. The molecule has 0 radical (unpaired) electrons. The van der Waals surface area contributed by atoms with Crippen molar-refractivity contribution < 1.29 is 18.7 Å². The van der Waals surface area contributed by atoms with Crippen molar-refractivity contribution in [2.75, 3.05) is 25.6 Å². The van der Waals surface area contributed by atoms with E-state index in [-0.39, 0.29) is 5.91 Å². The summed E-state index contributed by atoms with van der Waals surface area (Å²) in [7, 11) is 1.65. The third-order valence-electron chi connectivity index (χ3n) is 5.68. The molecule has 1 aliphatic rings. The lowest BCUT2D eigenvalue weighted by molar-refractivity contribution is 0.0648. The van der Waals surface area contributed by atoms with Crippen LogP contribution in [0.5, 0.6) is 5.75 Å². The van der Waals surface area contributed by atoms with Gasteiger partial charge in [0.15, 0.2) is 0 Å². The molecule has 1 N–H and O–H groups in total. The summed E-state index contributed by atoms with van der Waals surface area (Å²) in [5.41, 5.74) is 2.35. The van der Waals surface area contributed by atoms with Gasteiger partial charge in [-0.2, -0.15) is 0 Å². The number of rotatable bonds is 7. The van der Waals surface area contributed by atoms with Crippen LogP contribution in [0.2, 0.25) is 0 Å². The number of nitrogens with one attached hydrogen (secondary N) is 1. The van der Waals surface area contributed by atoms with E-state index in [2.05, 4.69) is 17.4 Å². The average Bonchev–Trinajstić information content (AvgIpc) is 3.34. The van der Waals surface area contributed by atoms with Gasteiger partial charge in [0.1, 0.15) is 24.3 Å². The fourth-order valence-corrected chi connectivity index (χ4v) is 4.17. The Kier molecular flexibility index (Phi) is 5.52. The number of anilines is 1. The monoisotopic (exact) mass is 428 g/mol. The molecule has 2 heterocycles. The minimum Gasteiger partial charge on any atom is -0.491 e. The van der Waals surface area contributed by atoms with E-state index in [1.807, 2.05) is 60.7 Å². The van der Waals surface area contributed by atoms with Gasteiger partial charge in [0, 0.05) is 18.4 Å². The second kappa shape index (κ2) is 8.77. The number of benzene rings is 3. The summed E-state index contributed by atoms with van der Waals surface area (Å²) in [6.07, 6.45) is 1.18. The predicted molar refractivity (Wildman–Crippen MR) is 123 cm³/mol. The molecule has 5 rings (SSSR count). The Balaban J connectivity index is 1.66. The number of carbonyl (C=O) groups excluding carboxylic acids is 1. The van der Waals surface area contributed by atoms with Gasteiger partial charge in [0.2, 0.25) is 0 Å². The zero-order valence-electron chi connectivity index (χ0n) is 17.8. The molecule has 6 nitrogen and oxygen atoms in total. The van der Waals surface area contributed by atoms with Crippen molar-refractivity contribution in [1.29, 1.82) is 0 Å². The van der Waals surface area contributed by atoms with Crippen molar-refractivity contribution in [2.24, 2.45) is 0 Å². The minimum absolute atomic E-state index is 0.0588. The van der Waals surface area contributed by atoms with Gasteiger partial charge >= 0.3 is 0 Å². The average molecular weight is 428 g/mol. The molecule has 0 aliphatic carbocycles. The van der Waals surface area contributed by atoms with Crippen LogP contribution < -0.4 is 10.1 Å². The summed E-state index contributed by atoms with van der Waals surface area (Å²) >= 11 is 0. The number of carbonyl (C=O) groups is 1. The van der Waals surface area contributed by atoms with Crippen LogP contribution in [0.3, 0.4) is 0 Å². The predicted octanol–water partition coefficient (Wildman–Crippen LogP) is 5.22. The first-order valence-electron chi connectivity index (χ1n) is 10.6. The van der Waals surface area contributed by atoms with E-state index in [0.717, 1.165) is 27.8 Å². The largest absolute Gasteiger partial charge is 0.491 e. The second-order valence-corrected chi connectivity index (χ2v) is 7.64. The normalized spacial score (nSPS) is 15.5. The highest BCUT2D eigenvalue weighted by Gasteiger charge is 2.35. The Morgan fingerprint density at radius 2 is 1.81 bits per heavy atom. The number of hydrogen-bond donors (Lipinski definition) is 1. The van der Waals surface area contributed by atoms with Gasteiger partial charge < -0.3 is 24.1 Å². The van der Waals surface area contributed by atoms with Gasteiger partial charge in [0.05, 0.1) is 25.0 Å². The Morgan fingerprint density at radius 3 is 2.66 bits per heavy atom. The van der Waals surface area contributed by atoms with E-state index in [9.17, 15) is 4.79 Å². The van der Waals surface area contributed by atoms with Gasteiger partial charge in [-0.3, -0.25) is 4.79 Å². The quantitative estimate of drug-likeness (QED) is 0.409. The van der Waals surface area contributed by atoms with Crippen LogP contribution in [0.4, 0.5) is 5.69 Å². The van der Waals surface area contributed by atoms with E-state index < -0.39 is 6.17 Å². The van der Waals surface area contributed by atoms with Crippen LogP contribution in [0.15, 0.2) is 83.5 Å². The first-order valence-corrected chi connectivity index (χ1v) is 10.6. The highest BCUT2D eigenvalue weighted by atomic mass is 16.5. The van der Waals surface area contributed by atoms with Gasteiger partial charge in [-0.15, -0.1) is 0 Å². The molecule has 0 saturated heterocycles. The Hall–Kier alpha value is -3.77. The van der Waals surface area contributed by atoms with E-state index in [1.54, 1.807) is 18.3 Å². The zero-order chi connectivity index (χ0) is 21.9. The number of ether oxygens (including phenoxy) is 2. The smallest absolute Gasteiger partial charge is 0.258 e. The molecule has 1 atom stereocenters. The van der Waals surface area contributed by atoms with Crippen LogP contribution in [-0.2, 0) is 11.3 Å². The lowest BCUT2D eigenvalue weighted by Gasteiger charge is -2.38. The van der Waals surface area contributed by atoms with Crippen LogP contribution in [-0.4, -0.2) is 31.1 Å². The molecule has 0 spiro atoms. The maximum atomic E-state index is 13.6. The molecule has 1 aliphatic heterocycles. The van der Waals surface area contributed by atoms with E-state index in [1.165, 1.54) is 0 Å². The molecular weight excluding hydrogens is 404 g/mol. The van der Waals surface area contributed by atoms with E-state index >= 15 is 0 Å². The minimum atomic E-state index is -0.439. The summed E-state index contributed by atoms with van der Waals surface area (Å²) in [5, 5.41) is 5.68. The molecule has 1 amide bonds. The molecule has 6 heteroatoms. The first-order chi connectivity index (χ1) is 15.8. The number of hydrogen-bond acceptors (Lipinski definition) is 5. The Bertz CT molecular complexity index is 1240. The third-order valence-corrected chi connectivity index (χ3v) is 5.68. The lowest BCUT2D eigenvalue weighted by Crippen LogP contribution is -2.42. The first kappa shape index (κ1) is 20.2. The maximum absolute atomic E-state index is 13.6. The second-order valence-electron chi connectivity index (χ2n) is 7.64. The molecular formula is C26H24N2O4. The molecule has 0 saturated carbocycles. The molecule has 1 aromatic heterocycles. The highest BCUT2D eigenvalue weighted by Crippen LogP contribution is 2.41. The molecule has 3 aromatic carbocycles. The number of nitrogens with zero attached hydrogens (tertiary/aromatic N) is 1. The van der Waals surface area contributed by atoms with E-state index in [0.29, 0.717) is 31.1 Å². The van der Waals surface area contributed by atoms with Crippen molar-refractivity contribution in [3.05, 3.63) is 95.9 Å². The Labute approximate surface area is 186 Å². The summed E-state index contributed by atoms with van der Waals surface area (Å²) in [5.74, 6) is 1.37. The van der Waals surface area contributed by atoms with Crippen LogP contribution in [0.25, 0.3) is 10.8 Å². The standard InChI is InChI=1S/C26H24N2O4/c1-30-15-16-32-23-13-12-18-7-2-3-9-20(18)24(23)25-27-22-11-5-4-10-21(22)26(29)28(25)17-19-8-6-14-31-19/h2-14,25,27H,15-17H2,1H3. The zero-order valence-corrected chi connectivity index (χ0v) is 17.8. The van der Waals surface area contributed by atoms with Crippen molar-refractivity contribution in [3.8, 4) is 5.75 Å². The lowest BCUT2D eigenvalue weighted by atomic mass is 9.97. The molecule has 4 aromatic rings. The molecule has 32 heavy (non-hydrogen) atoms.